The standard InChI is InChI=1S/C14H12BrNO3S/c1-8-3-4-9(7-10(8)15)13(17)16-11-5-6-20-12(11)14(18)19-2/h3-7H,1-2H3,(H,16,17). The van der Waals surface area contributed by atoms with Gasteiger partial charge in [-0.25, -0.2) is 4.79 Å². The van der Waals surface area contributed by atoms with E-state index in [4.69, 9.17) is 0 Å². The maximum atomic E-state index is 12.2. The first-order valence-electron chi connectivity index (χ1n) is 5.76. The molecule has 0 saturated carbocycles. The number of rotatable bonds is 3. The number of methoxy groups -OCH3 is 1. The normalized spacial score (nSPS) is 10.2. The number of hydrogen-bond donors (Lipinski definition) is 1. The van der Waals surface area contributed by atoms with E-state index in [1.807, 2.05) is 13.0 Å². The molecular formula is C14H12BrNO3S. The van der Waals surface area contributed by atoms with Gasteiger partial charge in [0, 0.05) is 10.0 Å². The maximum absolute atomic E-state index is 12.2. The van der Waals surface area contributed by atoms with Crippen molar-refractivity contribution in [1.82, 2.24) is 0 Å². The van der Waals surface area contributed by atoms with Crippen molar-refractivity contribution in [3.63, 3.8) is 0 Å². The van der Waals surface area contributed by atoms with Crippen LogP contribution in [0.15, 0.2) is 34.1 Å². The Labute approximate surface area is 128 Å². The summed E-state index contributed by atoms with van der Waals surface area (Å²) < 4.78 is 5.53. The third-order valence-corrected chi connectivity index (χ3v) is 4.47. The smallest absolute Gasteiger partial charge is 0.350 e. The minimum Gasteiger partial charge on any atom is -0.465 e. The molecule has 4 nitrogen and oxygen atoms in total. The van der Waals surface area contributed by atoms with Gasteiger partial charge in [-0.2, -0.15) is 0 Å². The second-order valence-electron chi connectivity index (χ2n) is 4.07. The Balaban J connectivity index is 2.22. The van der Waals surface area contributed by atoms with Gasteiger partial charge in [0.1, 0.15) is 4.88 Å². The van der Waals surface area contributed by atoms with E-state index in [-0.39, 0.29) is 5.91 Å². The average Bonchev–Trinajstić information content (AvgIpc) is 2.89. The molecule has 0 radical (unpaired) electrons. The highest BCUT2D eigenvalue weighted by atomic mass is 79.9. The van der Waals surface area contributed by atoms with Crippen molar-refractivity contribution in [2.75, 3.05) is 12.4 Å². The van der Waals surface area contributed by atoms with Crippen molar-refractivity contribution in [3.05, 3.63) is 50.1 Å². The van der Waals surface area contributed by atoms with Crippen molar-refractivity contribution < 1.29 is 14.3 Å². The highest BCUT2D eigenvalue weighted by molar-refractivity contribution is 9.10. The maximum Gasteiger partial charge on any atom is 0.350 e. The highest BCUT2D eigenvalue weighted by Crippen LogP contribution is 2.24. The number of nitrogens with one attached hydrogen (secondary N) is 1. The Morgan fingerprint density at radius 2 is 2.05 bits per heavy atom. The first-order valence-corrected chi connectivity index (χ1v) is 7.43. The van der Waals surface area contributed by atoms with Crippen molar-refractivity contribution in [3.8, 4) is 0 Å². The third kappa shape index (κ3) is 3.08. The van der Waals surface area contributed by atoms with E-state index in [1.165, 1.54) is 18.4 Å². The van der Waals surface area contributed by atoms with Crippen molar-refractivity contribution in [2.24, 2.45) is 0 Å². The fraction of sp³-hybridized carbons (Fsp3) is 0.143. The lowest BCUT2D eigenvalue weighted by molar-refractivity contribution is 0.0607. The minimum atomic E-state index is -0.458. The predicted octanol–water partition coefficient (Wildman–Crippen LogP) is 3.86. The number of ether oxygens (including phenoxy) is 1. The number of halogens is 1. The van der Waals surface area contributed by atoms with Gasteiger partial charge in [-0.3, -0.25) is 4.79 Å². The van der Waals surface area contributed by atoms with E-state index in [9.17, 15) is 9.59 Å². The Morgan fingerprint density at radius 1 is 1.30 bits per heavy atom. The summed E-state index contributed by atoms with van der Waals surface area (Å²) in [5.41, 5.74) is 2.03. The van der Waals surface area contributed by atoms with Gasteiger partial charge < -0.3 is 10.1 Å². The first-order chi connectivity index (χ1) is 9.52. The number of esters is 1. The number of amides is 1. The quantitative estimate of drug-likeness (QED) is 0.852. The molecule has 1 N–H and O–H groups in total. The Bertz CT molecular complexity index is 666. The molecule has 0 atom stereocenters. The van der Waals surface area contributed by atoms with Crippen LogP contribution in [0.4, 0.5) is 5.69 Å². The molecule has 20 heavy (non-hydrogen) atoms. The molecule has 0 aliphatic carbocycles. The van der Waals surface area contributed by atoms with Crippen LogP contribution >= 0.6 is 27.3 Å². The van der Waals surface area contributed by atoms with Gasteiger partial charge in [0.2, 0.25) is 0 Å². The molecule has 104 valence electrons. The van der Waals surface area contributed by atoms with E-state index >= 15 is 0 Å². The SMILES string of the molecule is COC(=O)c1sccc1NC(=O)c1ccc(C)c(Br)c1. The zero-order chi connectivity index (χ0) is 14.7. The van der Waals surface area contributed by atoms with Gasteiger partial charge >= 0.3 is 5.97 Å². The minimum absolute atomic E-state index is 0.269. The van der Waals surface area contributed by atoms with Crippen LogP contribution in [-0.4, -0.2) is 19.0 Å². The molecule has 0 saturated heterocycles. The van der Waals surface area contributed by atoms with Gasteiger partial charge in [0.15, 0.2) is 0 Å². The number of anilines is 1. The van der Waals surface area contributed by atoms with E-state index in [0.29, 0.717) is 16.1 Å². The topological polar surface area (TPSA) is 55.4 Å². The zero-order valence-corrected chi connectivity index (χ0v) is 13.3. The molecule has 1 aromatic heterocycles. The number of carbonyl (C=O) groups is 2. The van der Waals surface area contributed by atoms with Crippen LogP contribution in [0.3, 0.4) is 0 Å². The summed E-state index contributed by atoms with van der Waals surface area (Å²) in [5.74, 6) is -0.727. The third-order valence-electron chi connectivity index (χ3n) is 2.72. The zero-order valence-electron chi connectivity index (χ0n) is 10.9. The van der Waals surface area contributed by atoms with Crippen LogP contribution in [0, 0.1) is 6.92 Å². The van der Waals surface area contributed by atoms with Crippen LogP contribution < -0.4 is 5.32 Å². The monoisotopic (exact) mass is 353 g/mol. The van der Waals surface area contributed by atoms with Crippen LogP contribution in [0.2, 0.25) is 0 Å². The fourth-order valence-electron chi connectivity index (χ4n) is 1.59. The summed E-state index contributed by atoms with van der Waals surface area (Å²) in [5, 5.41) is 4.45. The molecule has 0 fully saturated rings. The summed E-state index contributed by atoms with van der Waals surface area (Å²) >= 11 is 4.62. The van der Waals surface area contributed by atoms with Crippen molar-refractivity contribution in [2.45, 2.75) is 6.92 Å². The summed E-state index contributed by atoms with van der Waals surface area (Å²) in [4.78, 5) is 24.1. The number of aryl methyl sites for hydroxylation is 1. The lowest BCUT2D eigenvalue weighted by Gasteiger charge is -2.07. The molecular weight excluding hydrogens is 342 g/mol. The number of carbonyl (C=O) groups excluding carboxylic acids is 2. The first kappa shape index (κ1) is 14.7. The number of hydrogen-bond acceptors (Lipinski definition) is 4. The van der Waals surface area contributed by atoms with Crippen LogP contribution in [0.1, 0.15) is 25.6 Å². The molecule has 1 aromatic carbocycles. The Morgan fingerprint density at radius 3 is 2.70 bits per heavy atom. The Hall–Kier alpha value is -1.66. The van der Waals surface area contributed by atoms with E-state index in [1.54, 1.807) is 23.6 Å². The summed E-state index contributed by atoms with van der Waals surface area (Å²) in [6.07, 6.45) is 0. The lowest BCUT2D eigenvalue weighted by Crippen LogP contribution is -2.14. The van der Waals surface area contributed by atoms with Gasteiger partial charge in [-0.15, -0.1) is 11.3 Å². The predicted molar refractivity (Wildman–Crippen MR) is 82.5 cm³/mol. The molecule has 0 unspecified atom stereocenters. The largest absolute Gasteiger partial charge is 0.465 e. The second-order valence-corrected chi connectivity index (χ2v) is 5.84. The second kappa shape index (κ2) is 6.19. The molecule has 1 amide bonds. The molecule has 0 aliphatic rings. The molecule has 0 bridgehead atoms. The van der Waals surface area contributed by atoms with Crippen molar-refractivity contribution in [1.29, 1.82) is 0 Å². The summed E-state index contributed by atoms with van der Waals surface area (Å²) in [6.45, 7) is 1.94. The van der Waals surface area contributed by atoms with E-state index in [0.717, 1.165) is 10.0 Å². The highest BCUT2D eigenvalue weighted by Gasteiger charge is 2.16. The Kier molecular flexibility index (Phi) is 4.57. The molecule has 2 rings (SSSR count). The molecule has 0 aliphatic heterocycles. The fourth-order valence-corrected chi connectivity index (χ4v) is 2.73. The summed E-state index contributed by atoms with van der Waals surface area (Å²) in [6, 6.07) is 7.01. The van der Waals surface area contributed by atoms with Gasteiger partial charge in [-0.05, 0) is 36.1 Å². The molecule has 6 heteroatoms. The lowest BCUT2D eigenvalue weighted by atomic mass is 10.1. The summed E-state index contributed by atoms with van der Waals surface area (Å²) in [7, 11) is 1.31. The molecule has 0 spiro atoms. The van der Waals surface area contributed by atoms with Crippen molar-refractivity contribution >= 4 is 44.8 Å². The van der Waals surface area contributed by atoms with Gasteiger partial charge in [0.05, 0.1) is 12.8 Å². The molecule has 1 heterocycles. The molecule has 2 aromatic rings. The average molecular weight is 354 g/mol. The van der Waals surface area contributed by atoms with E-state index < -0.39 is 5.97 Å². The van der Waals surface area contributed by atoms with Crippen LogP contribution in [0.25, 0.3) is 0 Å². The van der Waals surface area contributed by atoms with Gasteiger partial charge in [-0.1, -0.05) is 22.0 Å². The number of thiophene rings is 1. The van der Waals surface area contributed by atoms with Crippen LogP contribution in [-0.2, 0) is 4.74 Å². The number of benzene rings is 1. The van der Waals surface area contributed by atoms with E-state index in [2.05, 4.69) is 26.0 Å². The van der Waals surface area contributed by atoms with Gasteiger partial charge in [0.25, 0.3) is 5.91 Å². The van der Waals surface area contributed by atoms with Crippen LogP contribution in [0.5, 0.6) is 0 Å².